The fraction of sp³-hybridized carbons (Fsp3) is 0.647. The number of piperidine rings is 1. The zero-order valence-electron chi connectivity index (χ0n) is 13.8. The van der Waals surface area contributed by atoms with E-state index in [0.717, 1.165) is 18.9 Å². The Bertz CT molecular complexity index is 656. The van der Waals surface area contributed by atoms with Crippen LogP contribution in [-0.2, 0) is 5.60 Å². The van der Waals surface area contributed by atoms with Gasteiger partial charge in [0.1, 0.15) is 5.82 Å². The van der Waals surface area contributed by atoms with Crippen LogP contribution in [0.4, 0.5) is 19.0 Å². The molecule has 0 bridgehead atoms. The number of nitrogens with zero attached hydrogens (tertiary/aromatic N) is 2. The van der Waals surface area contributed by atoms with Gasteiger partial charge >= 0.3 is 6.18 Å². The minimum Gasteiger partial charge on any atom is -0.375 e. The van der Waals surface area contributed by atoms with E-state index in [0.29, 0.717) is 31.0 Å². The van der Waals surface area contributed by atoms with Gasteiger partial charge in [0.15, 0.2) is 11.4 Å². The van der Waals surface area contributed by atoms with Gasteiger partial charge < -0.3 is 10.0 Å². The average molecular weight is 342 g/mol. The summed E-state index contributed by atoms with van der Waals surface area (Å²) in [5, 5.41) is 9.88. The SMILES string of the molecule is CC(=O)c1ccc(C(C)(O)C(F)(F)F)nc1N1CCC2(CC1)CC2. The number of halogens is 3. The Hall–Kier alpha value is -1.63. The topological polar surface area (TPSA) is 53.4 Å². The smallest absolute Gasteiger partial charge is 0.375 e. The van der Waals surface area contributed by atoms with Gasteiger partial charge in [0.05, 0.1) is 11.3 Å². The molecule has 1 saturated carbocycles. The van der Waals surface area contributed by atoms with Crippen LogP contribution in [0.1, 0.15) is 55.6 Å². The summed E-state index contributed by atoms with van der Waals surface area (Å²) in [4.78, 5) is 17.8. The summed E-state index contributed by atoms with van der Waals surface area (Å²) in [5.74, 6) is 0.00225. The Balaban J connectivity index is 1.96. The number of hydrogen-bond donors (Lipinski definition) is 1. The second-order valence-electron chi connectivity index (χ2n) is 7.18. The molecule has 1 spiro atoms. The van der Waals surface area contributed by atoms with Crippen molar-refractivity contribution in [2.24, 2.45) is 5.41 Å². The first-order chi connectivity index (χ1) is 11.1. The Kier molecular flexibility index (Phi) is 3.90. The van der Waals surface area contributed by atoms with Gasteiger partial charge in [0.2, 0.25) is 0 Å². The highest BCUT2D eigenvalue weighted by molar-refractivity contribution is 5.98. The first-order valence-electron chi connectivity index (χ1n) is 8.12. The lowest BCUT2D eigenvalue weighted by Crippen LogP contribution is -2.41. The largest absolute Gasteiger partial charge is 0.422 e. The van der Waals surface area contributed by atoms with Crippen LogP contribution in [0.15, 0.2) is 12.1 Å². The number of aliphatic hydroxyl groups is 1. The van der Waals surface area contributed by atoms with Crippen molar-refractivity contribution in [1.82, 2.24) is 4.98 Å². The zero-order chi connectivity index (χ0) is 17.8. The maximum atomic E-state index is 13.1. The quantitative estimate of drug-likeness (QED) is 0.855. The van der Waals surface area contributed by atoms with Crippen molar-refractivity contribution in [1.29, 1.82) is 0 Å². The molecule has 132 valence electrons. The van der Waals surface area contributed by atoms with Crippen LogP contribution in [-0.4, -0.2) is 35.1 Å². The van der Waals surface area contributed by atoms with E-state index in [1.54, 1.807) is 0 Å². The molecule has 3 rings (SSSR count). The van der Waals surface area contributed by atoms with Gasteiger partial charge in [-0.2, -0.15) is 13.2 Å². The molecular weight excluding hydrogens is 321 g/mol. The van der Waals surface area contributed by atoms with Gasteiger partial charge in [-0.15, -0.1) is 0 Å². The molecule has 1 aliphatic heterocycles. The summed E-state index contributed by atoms with van der Waals surface area (Å²) in [6.07, 6.45) is -0.500. The first kappa shape index (κ1) is 17.2. The third-order valence-corrected chi connectivity index (χ3v) is 5.39. The van der Waals surface area contributed by atoms with Crippen LogP contribution in [0.25, 0.3) is 0 Å². The van der Waals surface area contributed by atoms with Gasteiger partial charge in [-0.05, 0) is 57.1 Å². The van der Waals surface area contributed by atoms with Crippen LogP contribution in [0.5, 0.6) is 0 Å². The number of carbonyl (C=O) groups is 1. The molecule has 24 heavy (non-hydrogen) atoms. The molecule has 4 nitrogen and oxygen atoms in total. The van der Waals surface area contributed by atoms with Crippen LogP contribution in [0.3, 0.4) is 0 Å². The third-order valence-electron chi connectivity index (χ3n) is 5.39. The number of pyridine rings is 1. The summed E-state index contributed by atoms with van der Waals surface area (Å²) in [5.41, 5.74) is -2.84. The molecule has 1 unspecified atom stereocenters. The monoisotopic (exact) mass is 342 g/mol. The number of ketones is 1. The highest BCUT2D eigenvalue weighted by Gasteiger charge is 2.52. The molecule has 0 radical (unpaired) electrons. The Morgan fingerprint density at radius 3 is 2.25 bits per heavy atom. The fourth-order valence-corrected chi connectivity index (χ4v) is 3.25. The summed E-state index contributed by atoms with van der Waals surface area (Å²) >= 11 is 0. The standard InChI is InChI=1S/C17H21F3N2O2/c1-11(23)12-3-4-13(15(2,24)17(18,19)20)21-14(12)22-9-7-16(5-6-16)8-10-22/h3-4,24H,5-10H2,1-2H3. The lowest BCUT2D eigenvalue weighted by Gasteiger charge is -2.35. The molecule has 1 atom stereocenters. The maximum Gasteiger partial charge on any atom is 0.422 e. The summed E-state index contributed by atoms with van der Waals surface area (Å²) in [7, 11) is 0. The summed E-state index contributed by atoms with van der Waals surface area (Å²) in [6, 6.07) is 2.42. The van der Waals surface area contributed by atoms with Gasteiger partial charge in [-0.25, -0.2) is 4.98 Å². The van der Waals surface area contributed by atoms with Gasteiger partial charge in [0, 0.05) is 13.1 Å². The van der Waals surface area contributed by atoms with Crippen molar-refractivity contribution in [3.8, 4) is 0 Å². The molecule has 0 amide bonds. The van der Waals surface area contributed by atoms with E-state index in [2.05, 4.69) is 4.98 Å². The molecule has 1 N–H and O–H groups in total. The highest BCUT2D eigenvalue weighted by Crippen LogP contribution is 2.54. The number of anilines is 1. The number of Topliss-reactive ketones (excluding diaryl/α,β-unsaturated/α-hetero) is 1. The van der Waals surface area contributed by atoms with Crippen LogP contribution >= 0.6 is 0 Å². The number of carbonyl (C=O) groups excluding carboxylic acids is 1. The molecule has 1 aromatic heterocycles. The Morgan fingerprint density at radius 2 is 1.79 bits per heavy atom. The second-order valence-corrected chi connectivity index (χ2v) is 7.18. The molecule has 7 heteroatoms. The zero-order valence-corrected chi connectivity index (χ0v) is 13.8. The predicted octanol–water partition coefficient (Wildman–Crippen LogP) is 3.43. The minimum atomic E-state index is -4.84. The number of rotatable bonds is 3. The summed E-state index contributed by atoms with van der Waals surface area (Å²) < 4.78 is 39.3. The van der Waals surface area contributed by atoms with Crippen molar-refractivity contribution in [2.45, 2.75) is 51.3 Å². The van der Waals surface area contributed by atoms with E-state index in [9.17, 15) is 23.1 Å². The predicted molar refractivity (Wildman–Crippen MR) is 83.0 cm³/mol. The van der Waals surface area contributed by atoms with E-state index in [-0.39, 0.29) is 11.6 Å². The highest BCUT2D eigenvalue weighted by atomic mass is 19.4. The Labute approximate surface area is 138 Å². The molecule has 2 aliphatic rings. The summed E-state index contributed by atoms with van der Waals surface area (Å²) in [6.45, 7) is 3.39. The molecule has 0 aromatic carbocycles. The van der Waals surface area contributed by atoms with E-state index >= 15 is 0 Å². The Morgan fingerprint density at radius 1 is 1.21 bits per heavy atom. The van der Waals surface area contributed by atoms with E-state index in [1.165, 1.54) is 25.8 Å². The van der Waals surface area contributed by atoms with Crippen molar-refractivity contribution in [3.05, 3.63) is 23.4 Å². The van der Waals surface area contributed by atoms with Crippen molar-refractivity contribution in [3.63, 3.8) is 0 Å². The van der Waals surface area contributed by atoms with Gasteiger partial charge in [-0.3, -0.25) is 4.79 Å². The molecule has 2 heterocycles. The second kappa shape index (κ2) is 5.44. The number of hydrogen-bond acceptors (Lipinski definition) is 4. The molecule has 1 aliphatic carbocycles. The van der Waals surface area contributed by atoms with Crippen LogP contribution in [0, 0.1) is 5.41 Å². The van der Waals surface area contributed by atoms with E-state index in [4.69, 9.17) is 0 Å². The van der Waals surface area contributed by atoms with Gasteiger partial charge in [-0.1, -0.05) is 0 Å². The van der Waals surface area contributed by atoms with Crippen LogP contribution in [0.2, 0.25) is 0 Å². The van der Waals surface area contributed by atoms with E-state index in [1.807, 2.05) is 4.90 Å². The van der Waals surface area contributed by atoms with E-state index < -0.39 is 17.5 Å². The maximum absolute atomic E-state index is 13.1. The van der Waals surface area contributed by atoms with Crippen molar-refractivity contribution in [2.75, 3.05) is 18.0 Å². The fourth-order valence-electron chi connectivity index (χ4n) is 3.25. The third kappa shape index (κ3) is 2.90. The van der Waals surface area contributed by atoms with Crippen molar-refractivity contribution < 1.29 is 23.1 Å². The normalized spacial score (nSPS) is 22.3. The van der Waals surface area contributed by atoms with Crippen LogP contribution < -0.4 is 4.90 Å². The minimum absolute atomic E-state index is 0.248. The lowest BCUT2D eigenvalue weighted by atomic mass is 9.93. The number of aromatic nitrogens is 1. The lowest BCUT2D eigenvalue weighted by molar-refractivity contribution is -0.260. The number of alkyl halides is 3. The molecule has 1 saturated heterocycles. The molecular formula is C17H21F3N2O2. The van der Waals surface area contributed by atoms with Crippen molar-refractivity contribution >= 4 is 11.6 Å². The molecule has 2 fully saturated rings. The first-order valence-corrected chi connectivity index (χ1v) is 8.12. The molecule has 1 aromatic rings. The average Bonchev–Trinajstić information content (AvgIpc) is 3.25. The van der Waals surface area contributed by atoms with Gasteiger partial charge in [0.25, 0.3) is 0 Å².